The van der Waals surface area contributed by atoms with Crippen LogP contribution in [0, 0.1) is 0 Å². The Morgan fingerprint density at radius 2 is 1.89 bits per heavy atom. The van der Waals surface area contributed by atoms with Gasteiger partial charge in [-0.15, -0.1) is 0 Å². The summed E-state index contributed by atoms with van der Waals surface area (Å²) in [6, 6.07) is 11.6. The number of alkyl halides is 3. The highest BCUT2D eigenvalue weighted by molar-refractivity contribution is 5.94. The third kappa shape index (κ3) is 5.06. The van der Waals surface area contributed by atoms with Crippen LogP contribution >= 0.6 is 0 Å². The van der Waals surface area contributed by atoms with Crippen LogP contribution in [-0.2, 0) is 6.54 Å². The number of pyridine rings is 1. The van der Waals surface area contributed by atoms with Crippen molar-refractivity contribution in [3.05, 3.63) is 72.2 Å². The van der Waals surface area contributed by atoms with E-state index in [2.05, 4.69) is 15.4 Å². The fraction of sp³-hybridized carbons (Fsp3) is 0.167. The maximum atomic E-state index is 12.3. The maximum absolute atomic E-state index is 12.3. The van der Waals surface area contributed by atoms with Gasteiger partial charge in [-0.25, -0.2) is 9.67 Å². The second-order valence-corrected chi connectivity index (χ2v) is 5.55. The third-order valence-corrected chi connectivity index (χ3v) is 3.56. The minimum atomic E-state index is -4.46. The largest absolute Gasteiger partial charge is 0.468 e. The van der Waals surface area contributed by atoms with Crippen molar-refractivity contribution in [1.82, 2.24) is 20.1 Å². The van der Waals surface area contributed by atoms with Gasteiger partial charge in [0.05, 0.1) is 5.69 Å². The van der Waals surface area contributed by atoms with Crippen molar-refractivity contribution in [1.29, 1.82) is 0 Å². The maximum Gasteiger partial charge on any atom is 0.422 e. The fourth-order valence-electron chi connectivity index (χ4n) is 2.30. The van der Waals surface area contributed by atoms with E-state index in [1.165, 1.54) is 6.20 Å². The van der Waals surface area contributed by atoms with E-state index in [0.29, 0.717) is 11.1 Å². The summed E-state index contributed by atoms with van der Waals surface area (Å²) in [5.74, 6) is -0.531. The van der Waals surface area contributed by atoms with Crippen LogP contribution in [0.5, 0.6) is 5.88 Å². The Morgan fingerprint density at radius 1 is 1.11 bits per heavy atom. The fourth-order valence-corrected chi connectivity index (χ4v) is 2.30. The highest BCUT2D eigenvalue weighted by Gasteiger charge is 2.29. The lowest BCUT2D eigenvalue weighted by atomic mass is 10.2. The van der Waals surface area contributed by atoms with Gasteiger partial charge in [0.15, 0.2) is 6.61 Å². The lowest BCUT2D eigenvalue weighted by Crippen LogP contribution is -2.24. The molecule has 2 aromatic heterocycles. The third-order valence-electron chi connectivity index (χ3n) is 3.56. The summed E-state index contributed by atoms with van der Waals surface area (Å²) >= 11 is 0. The van der Waals surface area contributed by atoms with Crippen molar-refractivity contribution < 1.29 is 22.7 Å². The van der Waals surface area contributed by atoms with Crippen LogP contribution in [0.2, 0.25) is 0 Å². The number of benzene rings is 1. The molecule has 0 unspecified atom stereocenters. The van der Waals surface area contributed by atoms with Gasteiger partial charge in [0, 0.05) is 36.3 Å². The van der Waals surface area contributed by atoms with E-state index < -0.39 is 12.8 Å². The molecule has 2 heterocycles. The van der Waals surface area contributed by atoms with Gasteiger partial charge in [-0.3, -0.25) is 4.79 Å². The Labute approximate surface area is 152 Å². The van der Waals surface area contributed by atoms with Gasteiger partial charge in [-0.05, 0) is 36.4 Å². The quantitative estimate of drug-likeness (QED) is 0.718. The lowest BCUT2D eigenvalue weighted by Gasteiger charge is -2.12. The van der Waals surface area contributed by atoms with E-state index in [0.717, 1.165) is 5.69 Å². The molecule has 0 spiro atoms. The summed E-state index contributed by atoms with van der Waals surface area (Å²) in [6.07, 6.45) is 0.284. The lowest BCUT2D eigenvalue weighted by molar-refractivity contribution is -0.154. The molecule has 3 aromatic rings. The number of nitrogens with one attached hydrogen (secondary N) is 1. The molecule has 0 aliphatic rings. The molecule has 3 rings (SSSR count). The van der Waals surface area contributed by atoms with Crippen molar-refractivity contribution in [2.75, 3.05) is 6.61 Å². The van der Waals surface area contributed by atoms with Gasteiger partial charge in [0.1, 0.15) is 0 Å². The summed E-state index contributed by atoms with van der Waals surface area (Å²) in [7, 11) is 0. The molecule has 0 saturated heterocycles. The molecule has 0 atom stereocenters. The average molecular weight is 376 g/mol. The molecular weight excluding hydrogens is 361 g/mol. The molecule has 9 heteroatoms. The number of hydrogen-bond donors (Lipinski definition) is 1. The SMILES string of the molecule is O=C(NCc1cccnc1OCC(F)(F)F)c1ccc(-n2cccn2)cc1. The van der Waals surface area contributed by atoms with Crippen LogP contribution in [0.3, 0.4) is 0 Å². The normalized spacial score (nSPS) is 11.2. The zero-order valence-electron chi connectivity index (χ0n) is 14.0. The van der Waals surface area contributed by atoms with Crippen LogP contribution in [0.15, 0.2) is 61.1 Å². The Morgan fingerprint density at radius 3 is 2.56 bits per heavy atom. The highest BCUT2D eigenvalue weighted by atomic mass is 19.4. The molecule has 6 nitrogen and oxygen atoms in total. The Hall–Kier alpha value is -3.36. The van der Waals surface area contributed by atoms with Gasteiger partial charge in [-0.2, -0.15) is 18.3 Å². The number of aromatic nitrogens is 3. The van der Waals surface area contributed by atoms with E-state index in [1.54, 1.807) is 59.5 Å². The first kappa shape index (κ1) is 18.4. The van der Waals surface area contributed by atoms with Crippen LogP contribution in [0.4, 0.5) is 13.2 Å². The summed E-state index contributed by atoms with van der Waals surface area (Å²) in [5, 5.41) is 6.74. The Kier molecular flexibility index (Phi) is 5.39. The van der Waals surface area contributed by atoms with Gasteiger partial charge < -0.3 is 10.1 Å². The van der Waals surface area contributed by atoms with E-state index in [9.17, 15) is 18.0 Å². The van der Waals surface area contributed by atoms with Crippen molar-refractivity contribution in [3.63, 3.8) is 0 Å². The Balaban J connectivity index is 1.62. The molecule has 140 valence electrons. The first-order chi connectivity index (χ1) is 12.9. The molecule has 0 radical (unpaired) electrons. The molecule has 1 amide bonds. The molecule has 1 aromatic carbocycles. The first-order valence-electron chi connectivity index (χ1n) is 7.94. The molecule has 0 fully saturated rings. The standard InChI is InChI=1S/C18H15F3N4O2/c19-18(20,21)12-27-17-14(3-1-8-22-17)11-23-16(26)13-4-6-15(7-5-13)25-10-2-9-24-25/h1-10H,11-12H2,(H,23,26). The van der Waals surface area contributed by atoms with Gasteiger partial charge >= 0.3 is 6.18 Å². The van der Waals surface area contributed by atoms with E-state index in [1.807, 2.05) is 0 Å². The number of rotatable bonds is 6. The Bertz CT molecular complexity index is 894. The minimum Gasteiger partial charge on any atom is -0.468 e. The van der Waals surface area contributed by atoms with Crippen LogP contribution in [-0.4, -0.2) is 33.5 Å². The average Bonchev–Trinajstić information content (AvgIpc) is 3.19. The number of hydrogen-bond acceptors (Lipinski definition) is 4. The molecule has 27 heavy (non-hydrogen) atoms. The van der Waals surface area contributed by atoms with Crippen LogP contribution in [0.25, 0.3) is 5.69 Å². The highest BCUT2D eigenvalue weighted by Crippen LogP contribution is 2.20. The number of amides is 1. The minimum absolute atomic E-state index is 0.0131. The number of halogens is 3. The monoisotopic (exact) mass is 376 g/mol. The van der Waals surface area contributed by atoms with Crippen molar-refractivity contribution in [3.8, 4) is 11.6 Å². The van der Waals surface area contributed by atoms with Crippen molar-refractivity contribution >= 4 is 5.91 Å². The predicted molar refractivity (Wildman–Crippen MR) is 90.5 cm³/mol. The second-order valence-electron chi connectivity index (χ2n) is 5.55. The molecule has 0 saturated carbocycles. The first-order valence-corrected chi connectivity index (χ1v) is 7.94. The van der Waals surface area contributed by atoms with E-state index >= 15 is 0 Å². The second kappa shape index (κ2) is 7.90. The van der Waals surface area contributed by atoms with Gasteiger partial charge in [0.25, 0.3) is 5.91 Å². The van der Waals surface area contributed by atoms with Crippen LogP contribution < -0.4 is 10.1 Å². The zero-order valence-corrected chi connectivity index (χ0v) is 14.0. The molecule has 1 N–H and O–H groups in total. The summed E-state index contributed by atoms with van der Waals surface area (Å²) in [6.45, 7) is -1.46. The van der Waals surface area contributed by atoms with Crippen molar-refractivity contribution in [2.45, 2.75) is 12.7 Å². The number of ether oxygens (including phenoxy) is 1. The molecule has 0 aliphatic carbocycles. The van der Waals surface area contributed by atoms with Gasteiger partial charge in [-0.1, -0.05) is 6.07 Å². The summed E-state index contributed by atoms with van der Waals surface area (Å²) in [5.41, 5.74) is 1.56. The number of carbonyl (C=O) groups is 1. The molecular formula is C18H15F3N4O2. The smallest absolute Gasteiger partial charge is 0.422 e. The van der Waals surface area contributed by atoms with E-state index in [-0.39, 0.29) is 18.3 Å². The predicted octanol–water partition coefficient (Wildman–Crippen LogP) is 3.14. The van der Waals surface area contributed by atoms with Crippen molar-refractivity contribution in [2.24, 2.45) is 0 Å². The molecule has 0 aliphatic heterocycles. The zero-order chi connectivity index (χ0) is 19.3. The van der Waals surface area contributed by atoms with E-state index in [4.69, 9.17) is 4.74 Å². The summed E-state index contributed by atoms with van der Waals surface area (Å²) in [4.78, 5) is 16.1. The van der Waals surface area contributed by atoms with Crippen LogP contribution in [0.1, 0.15) is 15.9 Å². The summed E-state index contributed by atoms with van der Waals surface area (Å²) < 4.78 is 43.3. The number of carbonyl (C=O) groups excluding carboxylic acids is 1. The topological polar surface area (TPSA) is 69.0 Å². The molecule has 0 bridgehead atoms. The number of nitrogens with zero attached hydrogens (tertiary/aromatic N) is 3. The van der Waals surface area contributed by atoms with Gasteiger partial charge in [0.2, 0.25) is 5.88 Å².